The number of carbonyl (C=O) groups excluding carboxylic acids is 3. The van der Waals surface area contributed by atoms with Crippen molar-refractivity contribution in [1.29, 1.82) is 0 Å². The molecule has 9 nitrogen and oxygen atoms in total. The number of aliphatic hydroxyl groups is 1. The number of ether oxygens (including phenoxy) is 2. The summed E-state index contributed by atoms with van der Waals surface area (Å²) >= 11 is 0.905. The molecule has 0 bridgehead atoms. The van der Waals surface area contributed by atoms with E-state index in [1.807, 2.05) is 0 Å². The summed E-state index contributed by atoms with van der Waals surface area (Å²) in [4.78, 5) is 44.3. The number of aliphatic hydroxyl groups excluding tert-OH is 1. The van der Waals surface area contributed by atoms with Crippen LogP contribution in [0.2, 0.25) is 0 Å². The van der Waals surface area contributed by atoms with Crippen LogP contribution in [0.3, 0.4) is 0 Å². The van der Waals surface area contributed by atoms with Crippen molar-refractivity contribution in [3.63, 3.8) is 0 Å². The molecule has 1 amide bonds. The van der Waals surface area contributed by atoms with Gasteiger partial charge in [0.1, 0.15) is 28.7 Å². The van der Waals surface area contributed by atoms with Gasteiger partial charge in [-0.15, -0.1) is 0 Å². The number of aromatic hydroxyl groups is 1. The van der Waals surface area contributed by atoms with Gasteiger partial charge < -0.3 is 19.7 Å². The minimum atomic E-state index is -1.06. The van der Waals surface area contributed by atoms with Gasteiger partial charge in [0.15, 0.2) is 5.13 Å². The molecule has 36 heavy (non-hydrogen) atoms. The average molecular weight is 507 g/mol. The Bertz CT molecular complexity index is 1370. The number of hydrogen-bond donors (Lipinski definition) is 2. The third-order valence-electron chi connectivity index (χ3n) is 5.51. The molecule has 1 aromatic heterocycles. The first kappa shape index (κ1) is 24.7. The van der Waals surface area contributed by atoms with Crippen molar-refractivity contribution in [3.8, 4) is 11.5 Å². The summed E-state index contributed by atoms with van der Waals surface area (Å²) in [5.41, 5.74) is 0.932. The highest BCUT2D eigenvalue weighted by molar-refractivity contribution is 7.17. The van der Waals surface area contributed by atoms with Gasteiger partial charge in [-0.2, -0.15) is 0 Å². The average Bonchev–Trinajstić information content (AvgIpc) is 3.39. The van der Waals surface area contributed by atoms with E-state index in [1.165, 1.54) is 19.2 Å². The van der Waals surface area contributed by atoms with Crippen molar-refractivity contribution < 1.29 is 34.1 Å². The van der Waals surface area contributed by atoms with Gasteiger partial charge in [-0.05, 0) is 48.9 Å². The van der Waals surface area contributed by atoms with Crippen LogP contribution in [0.5, 0.6) is 11.5 Å². The van der Waals surface area contributed by atoms with Crippen molar-refractivity contribution in [1.82, 2.24) is 4.98 Å². The Morgan fingerprint density at radius 3 is 2.44 bits per heavy atom. The normalized spacial score (nSPS) is 16.7. The molecule has 1 saturated heterocycles. The Kier molecular flexibility index (Phi) is 6.89. The molecule has 1 atom stereocenters. The van der Waals surface area contributed by atoms with E-state index in [1.54, 1.807) is 49.4 Å². The number of benzene rings is 2. The van der Waals surface area contributed by atoms with Crippen LogP contribution in [0, 0.1) is 6.92 Å². The summed E-state index contributed by atoms with van der Waals surface area (Å²) in [6, 6.07) is 11.2. The van der Waals surface area contributed by atoms with E-state index in [9.17, 15) is 24.6 Å². The lowest BCUT2D eigenvalue weighted by Crippen LogP contribution is -2.29. The summed E-state index contributed by atoms with van der Waals surface area (Å²) in [6.07, 6.45) is 1.60. The van der Waals surface area contributed by atoms with Crippen LogP contribution in [-0.4, -0.2) is 46.6 Å². The Balaban J connectivity index is 1.86. The number of phenols is 1. The molecule has 0 radical (unpaired) electrons. The third kappa shape index (κ3) is 4.46. The maximum absolute atomic E-state index is 13.2. The number of amides is 1. The second-order valence-corrected chi connectivity index (χ2v) is 8.76. The van der Waals surface area contributed by atoms with Gasteiger partial charge in [-0.3, -0.25) is 14.5 Å². The van der Waals surface area contributed by atoms with Crippen LogP contribution in [0.25, 0.3) is 5.76 Å². The highest BCUT2D eigenvalue weighted by atomic mass is 32.1. The van der Waals surface area contributed by atoms with Crippen LogP contribution in [0.1, 0.15) is 32.5 Å². The first-order chi connectivity index (χ1) is 17.3. The van der Waals surface area contributed by atoms with E-state index in [2.05, 4.69) is 11.6 Å². The molecule has 1 fully saturated rings. The zero-order valence-electron chi connectivity index (χ0n) is 19.4. The highest BCUT2D eigenvalue weighted by Crippen LogP contribution is 2.44. The van der Waals surface area contributed by atoms with Crippen LogP contribution < -0.4 is 9.64 Å². The summed E-state index contributed by atoms with van der Waals surface area (Å²) in [6.45, 7) is 5.49. The molecular formula is C26H22N2O7S. The van der Waals surface area contributed by atoms with Crippen molar-refractivity contribution in [3.05, 3.63) is 88.5 Å². The van der Waals surface area contributed by atoms with Gasteiger partial charge in [-0.1, -0.05) is 36.1 Å². The van der Waals surface area contributed by atoms with Gasteiger partial charge in [-0.25, -0.2) is 9.78 Å². The summed E-state index contributed by atoms with van der Waals surface area (Å²) in [5, 5.41) is 21.1. The number of anilines is 1. The van der Waals surface area contributed by atoms with E-state index in [-0.39, 0.29) is 27.1 Å². The fourth-order valence-electron chi connectivity index (χ4n) is 3.79. The number of phenolic OH excluding ortho intramolecular Hbond substituents is 1. The van der Waals surface area contributed by atoms with E-state index >= 15 is 0 Å². The third-order valence-corrected chi connectivity index (χ3v) is 6.65. The van der Waals surface area contributed by atoms with Gasteiger partial charge in [0.25, 0.3) is 5.78 Å². The molecule has 1 unspecified atom stereocenters. The summed E-state index contributed by atoms with van der Waals surface area (Å²) in [5.74, 6) is -2.30. The number of esters is 1. The summed E-state index contributed by atoms with van der Waals surface area (Å²) < 4.78 is 10.2. The number of rotatable bonds is 7. The largest absolute Gasteiger partial charge is 0.508 e. The van der Waals surface area contributed by atoms with E-state index < -0.39 is 23.7 Å². The van der Waals surface area contributed by atoms with E-state index in [4.69, 9.17) is 9.47 Å². The van der Waals surface area contributed by atoms with Crippen LogP contribution in [-0.2, 0) is 14.3 Å². The van der Waals surface area contributed by atoms with Crippen molar-refractivity contribution in [2.45, 2.75) is 13.0 Å². The standard InChI is InChI=1S/C26H22N2O7S/c1-4-13-35-18-11-7-16(8-12-18)21(30)19-20(15-5-9-17(29)10-6-15)28(24(32)22(19)31)26-27-14(2)23(36-26)25(33)34-3/h4-12,20,29-30H,1,13H2,2-3H3/b21-19+. The lowest BCUT2D eigenvalue weighted by molar-refractivity contribution is -0.132. The molecule has 0 spiro atoms. The highest BCUT2D eigenvalue weighted by Gasteiger charge is 2.48. The quantitative estimate of drug-likeness (QED) is 0.161. The number of nitrogens with zero attached hydrogens (tertiary/aromatic N) is 2. The molecule has 2 aromatic carbocycles. The van der Waals surface area contributed by atoms with Crippen molar-refractivity contribution in [2.24, 2.45) is 0 Å². The Morgan fingerprint density at radius 1 is 1.17 bits per heavy atom. The van der Waals surface area contributed by atoms with Crippen LogP contribution >= 0.6 is 11.3 Å². The van der Waals surface area contributed by atoms with Crippen molar-refractivity contribution in [2.75, 3.05) is 18.6 Å². The minimum absolute atomic E-state index is 0.0103. The van der Waals surface area contributed by atoms with Crippen LogP contribution in [0.15, 0.2) is 66.8 Å². The smallest absolute Gasteiger partial charge is 0.350 e. The van der Waals surface area contributed by atoms with Crippen LogP contribution in [0.4, 0.5) is 5.13 Å². The molecule has 0 saturated carbocycles. The molecule has 2 N–H and O–H groups in total. The zero-order chi connectivity index (χ0) is 26.0. The first-order valence-corrected chi connectivity index (χ1v) is 11.6. The molecule has 1 aliphatic heterocycles. The lowest BCUT2D eigenvalue weighted by Gasteiger charge is -2.23. The maximum atomic E-state index is 13.2. The number of methoxy groups -OCH3 is 1. The second-order valence-electron chi connectivity index (χ2n) is 7.79. The Morgan fingerprint density at radius 2 is 1.83 bits per heavy atom. The predicted octanol–water partition coefficient (Wildman–Crippen LogP) is 4.13. The topological polar surface area (TPSA) is 126 Å². The molecular weight excluding hydrogens is 484 g/mol. The van der Waals surface area contributed by atoms with E-state index in [0.29, 0.717) is 29.2 Å². The number of aromatic nitrogens is 1. The minimum Gasteiger partial charge on any atom is -0.508 e. The Hall–Kier alpha value is -4.44. The van der Waals surface area contributed by atoms with Gasteiger partial charge in [0.05, 0.1) is 24.4 Å². The molecule has 3 aromatic rings. The first-order valence-electron chi connectivity index (χ1n) is 10.8. The SMILES string of the molecule is C=CCOc1ccc(/C(O)=C2\C(=O)C(=O)N(c3nc(C)c(C(=O)OC)s3)C2c2ccc(O)cc2)cc1. The molecule has 4 rings (SSSR count). The van der Waals surface area contributed by atoms with E-state index in [0.717, 1.165) is 16.2 Å². The number of carbonyl (C=O) groups is 3. The zero-order valence-corrected chi connectivity index (χ0v) is 20.2. The fourth-order valence-corrected chi connectivity index (χ4v) is 4.80. The fraction of sp³-hybridized carbons (Fsp3) is 0.154. The van der Waals surface area contributed by atoms with Gasteiger partial charge in [0.2, 0.25) is 0 Å². The Labute approximate surface area is 210 Å². The molecule has 0 aliphatic carbocycles. The number of aryl methyl sites for hydroxylation is 1. The molecule has 184 valence electrons. The number of ketones is 1. The van der Waals surface area contributed by atoms with Gasteiger partial charge in [0, 0.05) is 5.56 Å². The molecule has 1 aliphatic rings. The summed E-state index contributed by atoms with van der Waals surface area (Å²) in [7, 11) is 1.23. The predicted molar refractivity (Wildman–Crippen MR) is 133 cm³/mol. The maximum Gasteiger partial charge on any atom is 0.350 e. The number of thiazole rings is 1. The lowest BCUT2D eigenvalue weighted by atomic mass is 9.95. The number of Topliss-reactive ketones (excluding diaryl/α,β-unsaturated/α-hetero) is 1. The molecule has 2 heterocycles. The monoisotopic (exact) mass is 506 g/mol. The van der Waals surface area contributed by atoms with Crippen molar-refractivity contribution >= 4 is 39.9 Å². The number of hydrogen-bond acceptors (Lipinski definition) is 9. The molecule has 10 heteroatoms. The second kappa shape index (κ2) is 10.0. The van der Waals surface area contributed by atoms with Gasteiger partial charge >= 0.3 is 11.9 Å².